The lowest BCUT2D eigenvalue weighted by molar-refractivity contribution is 0.0643. The Hall–Kier alpha value is -1.77. The van der Waals surface area contributed by atoms with E-state index >= 15 is 0 Å². The van der Waals surface area contributed by atoms with E-state index in [0.29, 0.717) is 31.5 Å². The van der Waals surface area contributed by atoms with Crippen LogP contribution in [0.3, 0.4) is 0 Å². The third kappa shape index (κ3) is 4.65. The molecule has 2 aromatic heterocycles. The fourth-order valence-electron chi connectivity index (χ4n) is 3.25. The number of hydrogen-bond donors (Lipinski definition) is 0. The first-order valence-corrected chi connectivity index (χ1v) is 8.96. The van der Waals surface area contributed by atoms with Gasteiger partial charge in [0.2, 0.25) is 5.89 Å². The zero-order chi connectivity index (χ0) is 17.6. The highest BCUT2D eigenvalue weighted by Crippen LogP contribution is 2.15. The van der Waals surface area contributed by atoms with Crippen LogP contribution >= 0.6 is 0 Å². The third-order valence-corrected chi connectivity index (χ3v) is 4.73. The lowest BCUT2D eigenvalue weighted by Gasteiger charge is -2.39. The highest BCUT2D eigenvalue weighted by molar-refractivity contribution is 4.94. The molecule has 3 heterocycles. The molecule has 0 unspecified atom stereocenters. The molecule has 1 saturated heterocycles. The number of aromatic nitrogens is 4. The van der Waals surface area contributed by atoms with Crippen LogP contribution in [0.25, 0.3) is 0 Å². The van der Waals surface area contributed by atoms with Gasteiger partial charge in [0.05, 0.1) is 19.7 Å². The van der Waals surface area contributed by atoms with Crippen LogP contribution in [0.15, 0.2) is 16.9 Å². The van der Waals surface area contributed by atoms with Crippen LogP contribution < -0.4 is 0 Å². The second kappa shape index (κ2) is 8.55. The van der Waals surface area contributed by atoms with Gasteiger partial charge in [-0.3, -0.25) is 9.80 Å². The first-order chi connectivity index (χ1) is 12.2. The third-order valence-electron chi connectivity index (χ3n) is 4.73. The average Bonchev–Trinajstić information content (AvgIpc) is 3.24. The van der Waals surface area contributed by atoms with Gasteiger partial charge in [0, 0.05) is 58.1 Å². The van der Waals surface area contributed by atoms with E-state index in [0.717, 1.165) is 44.4 Å². The van der Waals surface area contributed by atoms with Crippen molar-refractivity contribution in [1.82, 2.24) is 29.5 Å². The molecule has 3 rings (SSSR count). The van der Waals surface area contributed by atoms with Gasteiger partial charge in [-0.25, -0.2) is 4.98 Å². The Morgan fingerprint density at radius 1 is 1.32 bits per heavy atom. The molecule has 138 valence electrons. The summed E-state index contributed by atoms with van der Waals surface area (Å²) in [6.45, 7) is 10.6. The molecule has 0 aliphatic carbocycles. The normalized spacial score (nSPS) is 19.6. The summed E-state index contributed by atoms with van der Waals surface area (Å²) in [6, 6.07) is 0.464. The van der Waals surface area contributed by atoms with Crippen LogP contribution in [0.2, 0.25) is 0 Å². The molecule has 8 nitrogen and oxygen atoms in total. The van der Waals surface area contributed by atoms with Gasteiger partial charge in [-0.1, -0.05) is 5.16 Å². The molecule has 1 aliphatic rings. The first-order valence-electron chi connectivity index (χ1n) is 8.96. The maximum Gasteiger partial charge on any atom is 0.240 e. The summed E-state index contributed by atoms with van der Waals surface area (Å²) in [5, 5.41) is 4.01. The maximum atomic E-state index is 5.36. The molecule has 1 atom stereocenters. The minimum absolute atomic E-state index is 0.464. The summed E-state index contributed by atoms with van der Waals surface area (Å²) in [6.07, 6.45) is 4.62. The number of piperazine rings is 1. The van der Waals surface area contributed by atoms with Gasteiger partial charge < -0.3 is 13.8 Å². The number of ether oxygens (including phenoxy) is 1. The van der Waals surface area contributed by atoms with E-state index in [4.69, 9.17) is 9.26 Å². The minimum atomic E-state index is 0.464. The van der Waals surface area contributed by atoms with Crippen LogP contribution in [-0.2, 0) is 30.8 Å². The fraction of sp³-hybridized carbons (Fsp3) is 0.706. The molecule has 8 heteroatoms. The van der Waals surface area contributed by atoms with Crippen molar-refractivity contribution >= 4 is 0 Å². The quantitative estimate of drug-likeness (QED) is 0.709. The Morgan fingerprint density at radius 3 is 2.96 bits per heavy atom. The van der Waals surface area contributed by atoms with Crippen molar-refractivity contribution in [3.05, 3.63) is 29.9 Å². The molecule has 0 radical (unpaired) electrons. The molecular formula is C17H28N6O2. The van der Waals surface area contributed by atoms with Gasteiger partial charge in [0.15, 0.2) is 5.82 Å². The van der Waals surface area contributed by atoms with E-state index < -0.39 is 0 Å². The number of aryl methyl sites for hydroxylation is 1. The van der Waals surface area contributed by atoms with Gasteiger partial charge in [-0.2, -0.15) is 4.98 Å². The van der Waals surface area contributed by atoms with E-state index in [1.807, 2.05) is 12.4 Å². The van der Waals surface area contributed by atoms with Gasteiger partial charge in [-0.15, -0.1) is 0 Å². The number of methoxy groups -OCH3 is 1. The Morgan fingerprint density at radius 2 is 2.20 bits per heavy atom. The monoisotopic (exact) mass is 348 g/mol. The average molecular weight is 348 g/mol. The molecule has 25 heavy (non-hydrogen) atoms. The van der Waals surface area contributed by atoms with Crippen molar-refractivity contribution in [2.24, 2.45) is 0 Å². The van der Waals surface area contributed by atoms with Crippen LogP contribution in [0.4, 0.5) is 0 Å². The van der Waals surface area contributed by atoms with Crippen LogP contribution in [0.1, 0.15) is 31.4 Å². The largest absolute Gasteiger partial charge is 0.384 e. The van der Waals surface area contributed by atoms with Crippen LogP contribution in [-0.4, -0.2) is 68.9 Å². The molecule has 0 bridgehead atoms. The predicted molar refractivity (Wildman–Crippen MR) is 92.9 cm³/mol. The molecular weight excluding hydrogens is 320 g/mol. The smallest absolute Gasteiger partial charge is 0.240 e. The van der Waals surface area contributed by atoms with Crippen molar-refractivity contribution in [3.63, 3.8) is 0 Å². The van der Waals surface area contributed by atoms with Crippen molar-refractivity contribution in [2.75, 3.05) is 33.4 Å². The lowest BCUT2D eigenvalue weighted by Crippen LogP contribution is -2.51. The zero-order valence-corrected chi connectivity index (χ0v) is 15.4. The molecule has 0 aromatic carbocycles. The molecule has 0 spiro atoms. The zero-order valence-electron chi connectivity index (χ0n) is 15.4. The summed E-state index contributed by atoms with van der Waals surface area (Å²) in [5.41, 5.74) is 0. The summed E-state index contributed by atoms with van der Waals surface area (Å²) in [5.74, 6) is 2.55. The number of imidazole rings is 1. The Labute approximate surface area is 148 Å². The second-order valence-corrected chi connectivity index (χ2v) is 6.53. The van der Waals surface area contributed by atoms with Crippen molar-refractivity contribution in [1.29, 1.82) is 0 Å². The second-order valence-electron chi connectivity index (χ2n) is 6.53. The van der Waals surface area contributed by atoms with Gasteiger partial charge >= 0.3 is 0 Å². The van der Waals surface area contributed by atoms with Crippen LogP contribution in [0.5, 0.6) is 0 Å². The fourth-order valence-corrected chi connectivity index (χ4v) is 3.25. The summed E-state index contributed by atoms with van der Waals surface area (Å²) >= 11 is 0. The van der Waals surface area contributed by atoms with Crippen molar-refractivity contribution in [3.8, 4) is 0 Å². The summed E-state index contributed by atoms with van der Waals surface area (Å²) in [7, 11) is 1.68. The SMILES string of the molecule is CCn1ccnc1CN1CCN(Cc2nc(CCOC)no2)C[C@H]1C. The van der Waals surface area contributed by atoms with Crippen molar-refractivity contribution < 1.29 is 9.26 Å². The van der Waals surface area contributed by atoms with E-state index in [1.165, 1.54) is 0 Å². The predicted octanol–water partition coefficient (Wildman–Crippen LogP) is 1.18. The van der Waals surface area contributed by atoms with Gasteiger partial charge in [0.25, 0.3) is 0 Å². The summed E-state index contributed by atoms with van der Waals surface area (Å²) in [4.78, 5) is 13.8. The van der Waals surface area contributed by atoms with Crippen molar-refractivity contribution in [2.45, 2.75) is 45.9 Å². The number of hydrogen-bond acceptors (Lipinski definition) is 7. The van der Waals surface area contributed by atoms with Gasteiger partial charge in [-0.05, 0) is 13.8 Å². The Kier molecular flexibility index (Phi) is 6.17. The molecule has 2 aromatic rings. The molecule has 0 N–H and O–H groups in total. The molecule has 1 aliphatic heterocycles. The Balaban J connectivity index is 1.50. The summed E-state index contributed by atoms with van der Waals surface area (Å²) < 4.78 is 12.6. The first kappa shape index (κ1) is 18.0. The maximum absolute atomic E-state index is 5.36. The van der Waals surface area contributed by atoms with E-state index in [9.17, 15) is 0 Å². The van der Waals surface area contributed by atoms with Crippen LogP contribution in [0, 0.1) is 0 Å². The standard InChI is InChI=1S/C17H28N6O2/c1-4-22-7-6-18-16(22)12-23-9-8-21(11-14(23)2)13-17-19-15(20-25-17)5-10-24-3/h6-7,14H,4-5,8-13H2,1-3H3/t14-/m1/s1. The molecule has 0 saturated carbocycles. The topological polar surface area (TPSA) is 72.5 Å². The lowest BCUT2D eigenvalue weighted by atomic mass is 10.2. The molecule has 1 fully saturated rings. The van der Waals surface area contributed by atoms with E-state index in [1.54, 1.807) is 7.11 Å². The Bertz CT molecular complexity index is 655. The van der Waals surface area contributed by atoms with E-state index in [2.05, 4.69) is 43.3 Å². The highest BCUT2D eigenvalue weighted by atomic mass is 16.5. The van der Waals surface area contributed by atoms with E-state index in [-0.39, 0.29) is 0 Å². The molecule has 0 amide bonds. The number of nitrogens with zero attached hydrogens (tertiary/aromatic N) is 6. The number of rotatable bonds is 8. The minimum Gasteiger partial charge on any atom is -0.384 e. The highest BCUT2D eigenvalue weighted by Gasteiger charge is 2.25. The van der Waals surface area contributed by atoms with Gasteiger partial charge in [0.1, 0.15) is 5.82 Å².